The molecule has 1 aromatic rings. The van der Waals surface area contributed by atoms with Crippen LogP contribution in [-0.2, 0) is 14.6 Å². The summed E-state index contributed by atoms with van der Waals surface area (Å²) in [7, 11) is -3.67. The van der Waals surface area contributed by atoms with E-state index in [9.17, 15) is 18.3 Å². The van der Waals surface area contributed by atoms with Crippen molar-refractivity contribution in [1.29, 1.82) is 0 Å². The molecule has 0 saturated carbocycles. The summed E-state index contributed by atoms with van der Waals surface area (Å²) in [5.41, 5.74) is 0.541. The lowest BCUT2D eigenvalue weighted by atomic mass is 10.1. The lowest BCUT2D eigenvalue weighted by Crippen LogP contribution is -2.49. The van der Waals surface area contributed by atoms with E-state index in [1.54, 1.807) is 30.3 Å². The maximum atomic E-state index is 12.2. The van der Waals surface area contributed by atoms with E-state index in [0.29, 0.717) is 18.7 Å². The molecular formula is C14H19NO4S. The fraction of sp³-hybridized carbons (Fsp3) is 0.500. The zero-order valence-electron chi connectivity index (χ0n) is 11.4. The lowest BCUT2D eigenvalue weighted by molar-refractivity contribution is -0.133. The van der Waals surface area contributed by atoms with Crippen LogP contribution in [0.15, 0.2) is 30.3 Å². The van der Waals surface area contributed by atoms with Crippen LogP contribution in [0.5, 0.6) is 0 Å². The normalized spacial score (nSPS) is 18.2. The molecule has 2 rings (SSSR count). The SMILES string of the molecule is CC(C(=O)N1CCC1)S(=O)(=O)CC(O)c1ccccc1. The third-order valence-electron chi connectivity index (χ3n) is 3.63. The predicted octanol–water partition coefficient (Wildman–Crippen LogP) is 0.756. The molecule has 5 nitrogen and oxygen atoms in total. The molecule has 0 aliphatic carbocycles. The molecule has 0 bridgehead atoms. The molecule has 2 unspecified atom stereocenters. The van der Waals surface area contributed by atoms with Crippen LogP contribution in [-0.4, -0.2) is 48.4 Å². The van der Waals surface area contributed by atoms with Gasteiger partial charge in [0.25, 0.3) is 0 Å². The zero-order chi connectivity index (χ0) is 14.8. The summed E-state index contributed by atoms with van der Waals surface area (Å²) >= 11 is 0. The van der Waals surface area contributed by atoms with Crippen LogP contribution in [0.25, 0.3) is 0 Å². The van der Waals surface area contributed by atoms with Gasteiger partial charge in [0.15, 0.2) is 9.84 Å². The molecule has 0 aromatic heterocycles. The number of aliphatic hydroxyl groups excluding tert-OH is 1. The summed E-state index contributed by atoms with van der Waals surface area (Å²) < 4.78 is 24.4. The van der Waals surface area contributed by atoms with Crippen LogP contribution in [0.2, 0.25) is 0 Å². The fourth-order valence-electron chi connectivity index (χ4n) is 2.08. The lowest BCUT2D eigenvalue weighted by Gasteiger charge is -2.33. The topological polar surface area (TPSA) is 74.7 Å². The van der Waals surface area contributed by atoms with Gasteiger partial charge < -0.3 is 10.0 Å². The molecule has 1 aliphatic heterocycles. The molecule has 1 amide bonds. The Morgan fingerprint density at radius 3 is 2.40 bits per heavy atom. The van der Waals surface area contributed by atoms with Gasteiger partial charge in [0, 0.05) is 13.1 Å². The molecule has 0 radical (unpaired) electrons. The van der Waals surface area contributed by atoms with Crippen molar-refractivity contribution in [3.8, 4) is 0 Å². The summed E-state index contributed by atoms with van der Waals surface area (Å²) in [6.45, 7) is 2.65. The van der Waals surface area contributed by atoms with E-state index in [0.717, 1.165) is 6.42 Å². The minimum absolute atomic E-state index is 0.364. The van der Waals surface area contributed by atoms with Crippen molar-refractivity contribution in [1.82, 2.24) is 4.90 Å². The van der Waals surface area contributed by atoms with Crippen molar-refractivity contribution in [3.63, 3.8) is 0 Å². The Morgan fingerprint density at radius 1 is 1.30 bits per heavy atom. The van der Waals surface area contributed by atoms with Gasteiger partial charge in [-0.2, -0.15) is 0 Å². The Morgan fingerprint density at radius 2 is 1.90 bits per heavy atom. The van der Waals surface area contributed by atoms with E-state index in [2.05, 4.69) is 0 Å². The molecular weight excluding hydrogens is 278 g/mol. The molecule has 1 aromatic carbocycles. The van der Waals surface area contributed by atoms with Crippen molar-refractivity contribution >= 4 is 15.7 Å². The Kier molecular flexibility index (Phi) is 4.45. The highest BCUT2D eigenvalue weighted by molar-refractivity contribution is 7.92. The number of hydrogen-bond acceptors (Lipinski definition) is 4. The minimum atomic E-state index is -3.67. The summed E-state index contributed by atoms with van der Waals surface area (Å²) in [6, 6.07) is 8.60. The first-order chi connectivity index (χ1) is 9.42. The number of aliphatic hydroxyl groups is 1. The zero-order valence-corrected chi connectivity index (χ0v) is 12.2. The number of carbonyl (C=O) groups excluding carboxylic acids is 1. The second-order valence-corrected chi connectivity index (χ2v) is 7.44. The van der Waals surface area contributed by atoms with Gasteiger partial charge in [-0.1, -0.05) is 30.3 Å². The average molecular weight is 297 g/mol. The van der Waals surface area contributed by atoms with Crippen molar-refractivity contribution in [2.45, 2.75) is 24.7 Å². The Bertz CT molecular complexity index is 566. The number of carbonyl (C=O) groups is 1. The fourth-order valence-corrected chi connectivity index (χ4v) is 3.46. The van der Waals surface area contributed by atoms with Gasteiger partial charge in [0.05, 0.1) is 11.9 Å². The highest BCUT2D eigenvalue weighted by atomic mass is 32.2. The van der Waals surface area contributed by atoms with Gasteiger partial charge in [0.1, 0.15) is 5.25 Å². The first kappa shape index (κ1) is 15.0. The maximum absolute atomic E-state index is 12.2. The van der Waals surface area contributed by atoms with E-state index in [4.69, 9.17) is 0 Å². The molecule has 1 fully saturated rings. The van der Waals surface area contributed by atoms with Gasteiger partial charge in [-0.15, -0.1) is 0 Å². The number of benzene rings is 1. The number of rotatable bonds is 5. The number of sulfone groups is 1. The average Bonchev–Trinajstić information content (AvgIpc) is 2.36. The number of nitrogens with zero attached hydrogens (tertiary/aromatic N) is 1. The van der Waals surface area contributed by atoms with E-state index in [1.807, 2.05) is 0 Å². The molecule has 2 atom stereocenters. The van der Waals surface area contributed by atoms with Crippen molar-refractivity contribution in [2.24, 2.45) is 0 Å². The van der Waals surface area contributed by atoms with E-state index in [1.165, 1.54) is 11.8 Å². The van der Waals surface area contributed by atoms with Crippen molar-refractivity contribution in [2.75, 3.05) is 18.8 Å². The quantitative estimate of drug-likeness (QED) is 0.870. The molecule has 1 saturated heterocycles. The third-order valence-corrected chi connectivity index (χ3v) is 5.69. The van der Waals surface area contributed by atoms with Gasteiger partial charge in [-0.05, 0) is 18.9 Å². The maximum Gasteiger partial charge on any atom is 0.240 e. The van der Waals surface area contributed by atoms with Gasteiger partial charge in [-0.3, -0.25) is 4.79 Å². The monoisotopic (exact) mass is 297 g/mol. The van der Waals surface area contributed by atoms with Gasteiger partial charge in [-0.25, -0.2) is 8.42 Å². The molecule has 1 N–H and O–H groups in total. The van der Waals surface area contributed by atoms with Crippen LogP contribution >= 0.6 is 0 Å². The van der Waals surface area contributed by atoms with Crippen LogP contribution in [0, 0.1) is 0 Å². The predicted molar refractivity (Wildman–Crippen MR) is 75.8 cm³/mol. The van der Waals surface area contributed by atoms with Crippen LogP contribution < -0.4 is 0 Å². The highest BCUT2D eigenvalue weighted by Gasteiger charge is 2.35. The summed E-state index contributed by atoms with van der Waals surface area (Å²) in [6.07, 6.45) is -0.182. The number of likely N-dealkylation sites (tertiary alicyclic amines) is 1. The molecule has 1 heterocycles. The molecule has 1 aliphatic rings. The number of amides is 1. The highest BCUT2D eigenvalue weighted by Crippen LogP contribution is 2.19. The van der Waals surface area contributed by atoms with Crippen LogP contribution in [0.3, 0.4) is 0 Å². The van der Waals surface area contributed by atoms with Gasteiger partial charge in [0.2, 0.25) is 5.91 Å². The second kappa shape index (κ2) is 5.93. The summed E-state index contributed by atoms with van der Waals surface area (Å²) in [5, 5.41) is 8.90. The van der Waals surface area contributed by atoms with Crippen molar-refractivity contribution in [3.05, 3.63) is 35.9 Å². The minimum Gasteiger partial charge on any atom is -0.387 e. The van der Waals surface area contributed by atoms with Crippen LogP contribution in [0.1, 0.15) is 25.0 Å². The van der Waals surface area contributed by atoms with Crippen LogP contribution in [0.4, 0.5) is 0 Å². The summed E-state index contributed by atoms with van der Waals surface area (Å²) in [4.78, 5) is 13.5. The first-order valence-electron chi connectivity index (χ1n) is 6.65. The molecule has 110 valence electrons. The molecule has 0 spiro atoms. The van der Waals surface area contributed by atoms with E-state index < -0.39 is 26.9 Å². The molecule has 20 heavy (non-hydrogen) atoms. The Labute approximate surface area is 119 Å². The smallest absolute Gasteiger partial charge is 0.240 e. The standard InChI is InChI=1S/C14H19NO4S/c1-11(14(17)15-8-5-9-15)20(18,19)10-13(16)12-6-3-2-4-7-12/h2-4,6-7,11,13,16H,5,8-10H2,1H3. The van der Waals surface area contributed by atoms with E-state index >= 15 is 0 Å². The Hall–Kier alpha value is -1.40. The van der Waals surface area contributed by atoms with Crippen molar-refractivity contribution < 1.29 is 18.3 Å². The number of hydrogen-bond donors (Lipinski definition) is 1. The largest absolute Gasteiger partial charge is 0.387 e. The second-order valence-electron chi connectivity index (χ2n) is 5.08. The van der Waals surface area contributed by atoms with E-state index in [-0.39, 0.29) is 5.91 Å². The molecule has 6 heteroatoms. The third kappa shape index (κ3) is 3.19. The Balaban J connectivity index is 2.04. The summed E-state index contributed by atoms with van der Waals surface area (Å²) in [5.74, 6) is -0.797. The van der Waals surface area contributed by atoms with Gasteiger partial charge >= 0.3 is 0 Å². The first-order valence-corrected chi connectivity index (χ1v) is 8.37.